The predicted octanol–water partition coefficient (Wildman–Crippen LogP) is 3.14. The van der Waals surface area contributed by atoms with Crippen LogP contribution in [0.2, 0.25) is 0 Å². The molecular weight excluding hydrogens is 368 g/mol. The first-order valence-electron chi connectivity index (χ1n) is 9.95. The summed E-state index contributed by atoms with van der Waals surface area (Å²) in [5, 5.41) is 0. The van der Waals surface area contributed by atoms with Crippen LogP contribution in [0.4, 0.5) is 0 Å². The van der Waals surface area contributed by atoms with E-state index in [0.29, 0.717) is 25.3 Å². The average molecular weight is 392 g/mol. The molecule has 1 aliphatic heterocycles. The molecule has 29 heavy (non-hydrogen) atoms. The molecule has 0 aliphatic carbocycles. The highest BCUT2D eigenvalue weighted by Gasteiger charge is 2.30. The molecule has 7 heteroatoms. The number of pyridine rings is 1. The predicted molar refractivity (Wildman–Crippen MR) is 109 cm³/mol. The lowest BCUT2D eigenvalue weighted by atomic mass is 9.97. The van der Waals surface area contributed by atoms with Gasteiger partial charge in [0.05, 0.1) is 12.5 Å². The number of nitrogens with zero attached hydrogens (tertiary/aromatic N) is 4. The number of aromatic nitrogens is 3. The molecule has 0 bridgehead atoms. The fraction of sp³-hybridized carbons (Fsp3) is 0.364. The number of ether oxygens (including phenoxy) is 1. The summed E-state index contributed by atoms with van der Waals surface area (Å²) in [6, 6.07) is 11.3. The summed E-state index contributed by atoms with van der Waals surface area (Å²) in [6.07, 6.45) is 3.29. The van der Waals surface area contributed by atoms with E-state index < -0.39 is 0 Å². The van der Waals surface area contributed by atoms with Gasteiger partial charge in [-0.1, -0.05) is 6.07 Å². The molecule has 0 radical (unpaired) electrons. The number of benzene rings is 1. The standard InChI is InChI=1S/C22H24N4O3/c1-3-29-22(28)17-8-6-12-25(14-17)21(27)16-7-4-9-18(13-16)26-15(2)24-19-10-5-11-23-20(19)26/h4-5,7,9-11,13,17H,3,6,8,12,14H2,1-2H3/t17-/m1/s1. The molecule has 1 amide bonds. The van der Waals surface area contributed by atoms with E-state index in [9.17, 15) is 9.59 Å². The zero-order valence-electron chi connectivity index (χ0n) is 16.7. The minimum Gasteiger partial charge on any atom is -0.466 e. The van der Waals surface area contributed by atoms with Gasteiger partial charge in [-0.3, -0.25) is 14.2 Å². The minimum absolute atomic E-state index is 0.0733. The second-order valence-corrected chi connectivity index (χ2v) is 7.23. The van der Waals surface area contributed by atoms with Crippen molar-refractivity contribution in [1.29, 1.82) is 0 Å². The van der Waals surface area contributed by atoms with Gasteiger partial charge in [0, 0.05) is 30.5 Å². The second-order valence-electron chi connectivity index (χ2n) is 7.23. The molecular formula is C22H24N4O3. The summed E-state index contributed by atoms with van der Waals surface area (Å²) in [5.41, 5.74) is 3.00. The zero-order chi connectivity index (χ0) is 20.4. The molecule has 0 N–H and O–H groups in total. The highest BCUT2D eigenvalue weighted by atomic mass is 16.5. The van der Waals surface area contributed by atoms with Crippen molar-refractivity contribution in [3.8, 4) is 5.69 Å². The first-order chi connectivity index (χ1) is 14.1. The number of amides is 1. The largest absolute Gasteiger partial charge is 0.466 e. The van der Waals surface area contributed by atoms with Gasteiger partial charge < -0.3 is 9.64 Å². The number of hydrogen-bond donors (Lipinski definition) is 0. The number of rotatable bonds is 4. The molecule has 3 heterocycles. The van der Waals surface area contributed by atoms with Crippen molar-refractivity contribution >= 4 is 23.0 Å². The number of aryl methyl sites for hydroxylation is 1. The van der Waals surface area contributed by atoms with Gasteiger partial charge in [0.15, 0.2) is 5.65 Å². The quantitative estimate of drug-likeness (QED) is 0.638. The molecule has 150 valence electrons. The summed E-state index contributed by atoms with van der Waals surface area (Å²) in [4.78, 5) is 36.0. The highest BCUT2D eigenvalue weighted by molar-refractivity contribution is 5.95. The summed E-state index contributed by atoms with van der Waals surface area (Å²) in [5.74, 6) is 0.268. The lowest BCUT2D eigenvalue weighted by Gasteiger charge is -2.31. The number of esters is 1. The Kier molecular flexibility index (Phi) is 5.29. The van der Waals surface area contributed by atoms with Crippen molar-refractivity contribution in [2.45, 2.75) is 26.7 Å². The molecule has 1 fully saturated rings. The van der Waals surface area contributed by atoms with Crippen molar-refractivity contribution in [2.24, 2.45) is 5.92 Å². The Labute approximate surface area is 169 Å². The molecule has 0 unspecified atom stereocenters. The zero-order valence-corrected chi connectivity index (χ0v) is 16.7. The Balaban J connectivity index is 1.61. The second kappa shape index (κ2) is 8.03. The van der Waals surface area contributed by atoms with Gasteiger partial charge in [0.25, 0.3) is 5.91 Å². The SMILES string of the molecule is CCOC(=O)[C@@H]1CCCN(C(=O)c2cccc(-n3c(C)nc4cccnc43)c2)C1. The summed E-state index contributed by atoms with van der Waals surface area (Å²) >= 11 is 0. The van der Waals surface area contributed by atoms with E-state index in [1.807, 2.05) is 47.9 Å². The van der Waals surface area contributed by atoms with E-state index in [2.05, 4.69) is 9.97 Å². The van der Waals surface area contributed by atoms with E-state index >= 15 is 0 Å². The van der Waals surface area contributed by atoms with Crippen LogP contribution in [-0.2, 0) is 9.53 Å². The van der Waals surface area contributed by atoms with Crippen molar-refractivity contribution < 1.29 is 14.3 Å². The molecule has 3 aromatic rings. The van der Waals surface area contributed by atoms with E-state index in [-0.39, 0.29) is 17.8 Å². The number of carbonyl (C=O) groups excluding carboxylic acids is 2. The van der Waals surface area contributed by atoms with Gasteiger partial charge >= 0.3 is 5.97 Å². The van der Waals surface area contributed by atoms with E-state index in [4.69, 9.17) is 4.74 Å². The van der Waals surface area contributed by atoms with Crippen LogP contribution in [0.25, 0.3) is 16.9 Å². The van der Waals surface area contributed by atoms with Gasteiger partial charge in [-0.15, -0.1) is 0 Å². The summed E-state index contributed by atoms with van der Waals surface area (Å²) in [7, 11) is 0. The molecule has 1 aliphatic rings. The van der Waals surface area contributed by atoms with Crippen LogP contribution < -0.4 is 0 Å². The molecule has 1 aromatic carbocycles. The number of imidazole rings is 1. The van der Waals surface area contributed by atoms with Crippen molar-refractivity contribution in [3.05, 3.63) is 54.0 Å². The average Bonchev–Trinajstić information content (AvgIpc) is 3.09. The van der Waals surface area contributed by atoms with E-state index in [1.165, 1.54) is 0 Å². The van der Waals surface area contributed by atoms with Crippen LogP contribution >= 0.6 is 0 Å². The van der Waals surface area contributed by atoms with Gasteiger partial charge in [-0.05, 0) is 57.0 Å². The van der Waals surface area contributed by atoms with Crippen LogP contribution in [0.3, 0.4) is 0 Å². The molecule has 2 aromatic heterocycles. The van der Waals surface area contributed by atoms with Crippen molar-refractivity contribution in [3.63, 3.8) is 0 Å². The van der Waals surface area contributed by atoms with Crippen LogP contribution in [0.5, 0.6) is 0 Å². The Morgan fingerprint density at radius 1 is 1.24 bits per heavy atom. The lowest BCUT2D eigenvalue weighted by molar-refractivity contribution is -0.149. The normalized spacial score (nSPS) is 16.8. The first kappa shape index (κ1) is 19.1. The van der Waals surface area contributed by atoms with E-state index in [1.54, 1.807) is 18.0 Å². The van der Waals surface area contributed by atoms with Crippen molar-refractivity contribution in [1.82, 2.24) is 19.4 Å². The summed E-state index contributed by atoms with van der Waals surface area (Å²) < 4.78 is 7.09. The van der Waals surface area contributed by atoms with Gasteiger partial charge in [0.2, 0.25) is 0 Å². The van der Waals surface area contributed by atoms with Gasteiger partial charge in [-0.2, -0.15) is 0 Å². The van der Waals surface area contributed by atoms with E-state index in [0.717, 1.165) is 35.5 Å². The van der Waals surface area contributed by atoms with Crippen molar-refractivity contribution in [2.75, 3.05) is 19.7 Å². The Hall–Kier alpha value is -3.22. The molecule has 1 atom stereocenters. The Morgan fingerprint density at radius 2 is 2.10 bits per heavy atom. The fourth-order valence-corrected chi connectivity index (χ4v) is 3.91. The Morgan fingerprint density at radius 3 is 2.93 bits per heavy atom. The monoisotopic (exact) mass is 392 g/mol. The number of likely N-dealkylation sites (tertiary alicyclic amines) is 1. The smallest absolute Gasteiger partial charge is 0.310 e. The third-order valence-electron chi connectivity index (χ3n) is 5.26. The minimum atomic E-state index is -0.250. The van der Waals surface area contributed by atoms with Gasteiger partial charge in [0.1, 0.15) is 11.3 Å². The third kappa shape index (κ3) is 3.72. The number of piperidine rings is 1. The fourth-order valence-electron chi connectivity index (χ4n) is 3.91. The number of carbonyl (C=O) groups is 2. The topological polar surface area (TPSA) is 77.3 Å². The molecule has 7 nitrogen and oxygen atoms in total. The maximum Gasteiger partial charge on any atom is 0.310 e. The highest BCUT2D eigenvalue weighted by Crippen LogP contribution is 2.23. The molecule has 0 saturated carbocycles. The first-order valence-corrected chi connectivity index (χ1v) is 9.95. The number of fused-ring (bicyclic) bond motifs is 1. The maximum absolute atomic E-state index is 13.1. The third-order valence-corrected chi connectivity index (χ3v) is 5.26. The Bertz CT molecular complexity index is 1060. The van der Waals surface area contributed by atoms with Gasteiger partial charge in [-0.25, -0.2) is 9.97 Å². The molecule has 1 saturated heterocycles. The lowest BCUT2D eigenvalue weighted by Crippen LogP contribution is -2.42. The molecule has 0 spiro atoms. The van der Waals surface area contributed by atoms with Crippen LogP contribution in [0, 0.1) is 12.8 Å². The van der Waals surface area contributed by atoms with Crippen LogP contribution in [0.15, 0.2) is 42.6 Å². The van der Waals surface area contributed by atoms with Crippen LogP contribution in [0.1, 0.15) is 35.9 Å². The van der Waals surface area contributed by atoms with Crippen LogP contribution in [-0.4, -0.2) is 51.0 Å². The summed E-state index contributed by atoms with van der Waals surface area (Å²) in [6.45, 7) is 5.12. The number of hydrogen-bond acceptors (Lipinski definition) is 5. The molecule has 4 rings (SSSR count). The maximum atomic E-state index is 13.1.